The Labute approximate surface area is 130 Å². The fourth-order valence-corrected chi connectivity index (χ4v) is 3.17. The molecule has 22 heavy (non-hydrogen) atoms. The lowest BCUT2D eigenvalue weighted by Gasteiger charge is -2.32. The lowest BCUT2D eigenvalue weighted by Crippen LogP contribution is -2.36. The maximum Gasteiger partial charge on any atom is 0.223 e. The standard InChI is InChI=1S/C16H26N2O4/c1-11-4-3-5-17(7-11)9-14-16(22)15(21)6-13(10-19)18(14)8-12(2)20/h6,11-12,19-20,22H,3-5,7-10H2,1-2H3. The van der Waals surface area contributed by atoms with Crippen LogP contribution in [0.1, 0.15) is 38.1 Å². The molecule has 1 saturated heterocycles. The van der Waals surface area contributed by atoms with Gasteiger partial charge in [-0.25, -0.2) is 0 Å². The van der Waals surface area contributed by atoms with Gasteiger partial charge in [0.15, 0.2) is 5.75 Å². The summed E-state index contributed by atoms with van der Waals surface area (Å²) in [6.07, 6.45) is 1.66. The second-order valence-electron chi connectivity index (χ2n) is 6.40. The van der Waals surface area contributed by atoms with Crippen LogP contribution >= 0.6 is 0 Å². The second-order valence-corrected chi connectivity index (χ2v) is 6.40. The van der Waals surface area contributed by atoms with Crippen molar-refractivity contribution in [1.82, 2.24) is 9.47 Å². The van der Waals surface area contributed by atoms with Crippen LogP contribution in [0.25, 0.3) is 0 Å². The number of hydrogen-bond acceptors (Lipinski definition) is 5. The third kappa shape index (κ3) is 3.88. The molecule has 0 saturated carbocycles. The topological polar surface area (TPSA) is 85.9 Å². The predicted molar refractivity (Wildman–Crippen MR) is 83.6 cm³/mol. The van der Waals surface area contributed by atoms with Crippen LogP contribution in [0.15, 0.2) is 10.9 Å². The van der Waals surface area contributed by atoms with Gasteiger partial charge in [-0.3, -0.25) is 9.69 Å². The van der Waals surface area contributed by atoms with E-state index in [0.29, 0.717) is 23.9 Å². The molecule has 124 valence electrons. The number of hydrogen-bond donors (Lipinski definition) is 3. The average molecular weight is 310 g/mol. The van der Waals surface area contributed by atoms with Crippen LogP contribution in [0.4, 0.5) is 0 Å². The van der Waals surface area contributed by atoms with Crippen LogP contribution in [0.2, 0.25) is 0 Å². The van der Waals surface area contributed by atoms with Gasteiger partial charge in [0.05, 0.1) is 18.4 Å². The van der Waals surface area contributed by atoms with E-state index < -0.39 is 11.5 Å². The summed E-state index contributed by atoms with van der Waals surface area (Å²) in [5.41, 5.74) is 0.418. The Bertz CT molecular complexity index is 568. The maximum absolute atomic E-state index is 11.9. The molecule has 0 amide bonds. The summed E-state index contributed by atoms with van der Waals surface area (Å²) in [6, 6.07) is 1.24. The quantitative estimate of drug-likeness (QED) is 0.744. The van der Waals surface area contributed by atoms with Gasteiger partial charge in [0, 0.05) is 31.4 Å². The van der Waals surface area contributed by atoms with Crippen molar-refractivity contribution >= 4 is 0 Å². The van der Waals surface area contributed by atoms with Gasteiger partial charge in [-0.1, -0.05) is 6.92 Å². The number of aromatic hydroxyl groups is 1. The monoisotopic (exact) mass is 310 g/mol. The summed E-state index contributed by atoms with van der Waals surface area (Å²) < 4.78 is 1.67. The number of aliphatic hydroxyl groups excluding tert-OH is 2. The lowest BCUT2D eigenvalue weighted by atomic mass is 10.00. The molecular weight excluding hydrogens is 284 g/mol. The van der Waals surface area contributed by atoms with Crippen molar-refractivity contribution in [2.24, 2.45) is 5.92 Å². The third-order valence-electron chi connectivity index (χ3n) is 4.20. The minimum absolute atomic E-state index is 0.239. The van der Waals surface area contributed by atoms with Crippen LogP contribution in [0.5, 0.6) is 5.75 Å². The Kier molecular flexibility index (Phi) is 5.61. The lowest BCUT2D eigenvalue weighted by molar-refractivity contribution is 0.151. The molecule has 0 aliphatic carbocycles. The van der Waals surface area contributed by atoms with Crippen molar-refractivity contribution in [2.45, 2.75) is 52.5 Å². The van der Waals surface area contributed by atoms with Crippen LogP contribution < -0.4 is 5.43 Å². The molecule has 3 N–H and O–H groups in total. The Balaban J connectivity index is 2.38. The van der Waals surface area contributed by atoms with E-state index in [-0.39, 0.29) is 18.9 Å². The molecule has 2 heterocycles. The van der Waals surface area contributed by atoms with E-state index in [9.17, 15) is 20.1 Å². The molecule has 1 aliphatic heterocycles. The maximum atomic E-state index is 11.9. The van der Waals surface area contributed by atoms with E-state index in [1.165, 1.54) is 12.5 Å². The number of pyridine rings is 1. The minimum Gasteiger partial charge on any atom is -0.503 e. The molecule has 1 aromatic rings. The fraction of sp³-hybridized carbons (Fsp3) is 0.688. The summed E-state index contributed by atoms with van der Waals surface area (Å²) in [4.78, 5) is 14.1. The Morgan fingerprint density at radius 3 is 2.77 bits per heavy atom. The molecule has 0 aromatic carbocycles. The van der Waals surface area contributed by atoms with E-state index in [1.54, 1.807) is 11.5 Å². The second kappa shape index (κ2) is 7.26. The summed E-state index contributed by atoms with van der Waals surface area (Å²) in [5, 5.41) is 29.3. The zero-order valence-corrected chi connectivity index (χ0v) is 13.3. The van der Waals surface area contributed by atoms with Gasteiger partial charge in [-0.05, 0) is 32.2 Å². The van der Waals surface area contributed by atoms with E-state index in [4.69, 9.17) is 0 Å². The Morgan fingerprint density at radius 1 is 1.45 bits per heavy atom. The van der Waals surface area contributed by atoms with Crippen molar-refractivity contribution in [1.29, 1.82) is 0 Å². The van der Waals surface area contributed by atoms with Gasteiger partial charge in [0.25, 0.3) is 0 Å². The molecule has 0 bridgehead atoms. The van der Waals surface area contributed by atoms with Crippen LogP contribution in [-0.4, -0.2) is 44.0 Å². The first-order chi connectivity index (χ1) is 10.4. The first kappa shape index (κ1) is 17.0. The first-order valence-electron chi connectivity index (χ1n) is 7.88. The van der Waals surface area contributed by atoms with Crippen molar-refractivity contribution < 1.29 is 15.3 Å². The highest BCUT2D eigenvalue weighted by Crippen LogP contribution is 2.22. The molecule has 2 atom stereocenters. The largest absolute Gasteiger partial charge is 0.503 e. The van der Waals surface area contributed by atoms with Gasteiger partial charge in [-0.2, -0.15) is 0 Å². The third-order valence-corrected chi connectivity index (χ3v) is 4.20. The average Bonchev–Trinajstić information content (AvgIpc) is 2.46. The van der Waals surface area contributed by atoms with Gasteiger partial charge < -0.3 is 19.9 Å². The molecule has 1 fully saturated rings. The zero-order chi connectivity index (χ0) is 16.3. The van der Waals surface area contributed by atoms with E-state index in [1.807, 2.05) is 0 Å². The number of aromatic nitrogens is 1. The molecule has 0 radical (unpaired) electrons. The van der Waals surface area contributed by atoms with Crippen LogP contribution in [-0.2, 0) is 19.7 Å². The van der Waals surface area contributed by atoms with Gasteiger partial charge >= 0.3 is 0 Å². The summed E-state index contributed by atoms with van der Waals surface area (Å²) in [7, 11) is 0. The van der Waals surface area contributed by atoms with Gasteiger partial charge in [0.1, 0.15) is 0 Å². The molecule has 6 heteroatoms. The first-order valence-corrected chi connectivity index (χ1v) is 7.88. The Morgan fingerprint density at radius 2 is 2.18 bits per heavy atom. The number of piperidine rings is 1. The number of likely N-dealkylation sites (tertiary alicyclic amines) is 1. The smallest absolute Gasteiger partial charge is 0.223 e. The molecule has 0 spiro atoms. The van der Waals surface area contributed by atoms with Crippen LogP contribution in [0.3, 0.4) is 0 Å². The highest BCUT2D eigenvalue weighted by molar-refractivity contribution is 5.30. The van der Waals surface area contributed by atoms with Gasteiger partial charge in [0.2, 0.25) is 5.43 Å². The minimum atomic E-state index is -0.633. The molecular formula is C16H26N2O4. The molecule has 2 rings (SSSR count). The normalized spacial score (nSPS) is 21.0. The highest BCUT2D eigenvalue weighted by Gasteiger charge is 2.22. The highest BCUT2D eigenvalue weighted by atomic mass is 16.3. The molecule has 1 aromatic heterocycles. The van der Waals surface area contributed by atoms with Crippen molar-refractivity contribution in [3.05, 3.63) is 27.7 Å². The Hall–Kier alpha value is -1.37. The number of aliphatic hydroxyl groups is 2. The summed E-state index contributed by atoms with van der Waals surface area (Å²) >= 11 is 0. The van der Waals surface area contributed by atoms with E-state index in [2.05, 4.69) is 11.8 Å². The summed E-state index contributed by atoms with van der Waals surface area (Å²) in [6.45, 7) is 6.07. The van der Waals surface area contributed by atoms with E-state index in [0.717, 1.165) is 19.5 Å². The zero-order valence-electron chi connectivity index (χ0n) is 13.3. The fourth-order valence-electron chi connectivity index (χ4n) is 3.17. The summed E-state index contributed by atoms with van der Waals surface area (Å²) in [5.74, 6) is 0.310. The molecule has 6 nitrogen and oxygen atoms in total. The molecule has 2 unspecified atom stereocenters. The number of rotatable bonds is 5. The number of nitrogens with zero attached hydrogens (tertiary/aromatic N) is 2. The SMILES string of the molecule is CC(O)Cn1c(CO)cc(=O)c(O)c1CN1CCCC(C)C1. The molecule has 1 aliphatic rings. The van der Waals surface area contributed by atoms with Crippen molar-refractivity contribution in [2.75, 3.05) is 13.1 Å². The van der Waals surface area contributed by atoms with Crippen LogP contribution in [0, 0.1) is 5.92 Å². The van der Waals surface area contributed by atoms with Crippen molar-refractivity contribution in [3.8, 4) is 5.75 Å². The van der Waals surface area contributed by atoms with E-state index >= 15 is 0 Å². The van der Waals surface area contributed by atoms with Crippen molar-refractivity contribution in [3.63, 3.8) is 0 Å². The predicted octanol–water partition coefficient (Wildman–Crippen LogP) is 0.659. The van der Waals surface area contributed by atoms with Gasteiger partial charge in [-0.15, -0.1) is 0 Å².